The first-order chi connectivity index (χ1) is 7.11. The van der Waals surface area contributed by atoms with Crippen LogP contribution >= 0.6 is 0 Å². The van der Waals surface area contributed by atoms with Crippen LogP contribution < -0.4 is 10.6 Å². The Labute approximate surface area is 93.0 Å². The fraction of sp³-hybridized carbons (Fsp3) is 0.917. The lowest BCUT2D eigenvalue weighted by Gasteiger charge is -2.15. The fourth-order valence-electron chi connectivity index (χ4n) is 2.32. The molecule has 0 heterocycles. The summed E-state index contributed by atoms with van der Waals surface area (Å²) in [6.07, 6.45) is 4.16. The van der Waals surface area contributed by atoms with Crippen LogP contribution in [0, 0.1) is 5.92 Å². The lowest BCUT2D eigenvalue weighted by Crippen LogP contribution is -2.38. The standard InChI is InChI=1S/C12H24N2O/c1-4-13-10(3)8-12(15)14-11-6-5-9(2)7-11/h9-11,13H,4-8H2,1-3H3,(H,14,15). The molecule has 3 heteroatoms. The highest BCUT2D eigenvalue weighted by Crippen LogP contribution is 2.24. The van der Waals surface area contributed by atoms with E-state index in [-0.39, 0.29) is 11.9 Å². The molecule has 1 aliphatic rings. The topological polar surface area (TPSA) is 41.1 Å². The van der Waals surface area contributed by atoms with Gasteiger partial charge in [0.1, 0.15) is 0 Å². The second-order valence-corrected chi connectivity index (χ2v) is 4.85. The molecule has 0 saturated heterocycles. The molecule has 0 aromatic carbocycles. The van der Waals surface area contributed by atoms with Crippen molar-refractivity contribution in [2.45, 2.75) is 58.5 Å². The molecule has 0 radical (unpaired) electrons. The smallest absolute Gasteiger partial charge is 0.221 e. The third-order valence-corrected chi connectivity index (χ3v) is 3.10. The maximum atomic E-state index is 11.6. The molecule has 1 amide bonds. The van der Waals surface area contributed by atoms with Crippen LogP contribution in [0.4, 0.5) is 0 Å². The number of rotatable bonds is 5. The molecule has 2 N–H and O–H groups in total. The highest BCUT2D eigenvalue weighted by molar-refractivity contribution is 5.76. The van der Waals surface area contributed by atoms with Gasteiger partial charge < -0.3 is 10.6 Å². The SMILES string of the molecule is CCNC(C)CC(=O)NC1CCC(C)C1. The van der Waals surface area contributed by atoms with Gasteiger partial charge in [0.2, 0.25) is 5.91 Å². The summed E-state index contributed by atoms with van der Waals surface area (Å²) < 4.78 is 0. The van der Waals surface area contributed by atoms with Crippen LogP contribution in [-0.4, -0.2) is 24.5 Å². The second-order valence-electron chi connectivity index (χ2n) is 4.85. The van der Waals surface area contributed by atoms with Crippen LogP contribution in [0.15, 0.2) is 0 Å². The Morgan fingerprint density at radius 2 is 2.20 bits per heavy atom. The maximum Gasteiger partial charge on any atom is 0.221 e. The molecule has 1 saturated carbocycles. The minimum atomic E-state index is 0.197. The van der Waals surface area contributed by atoms with E-state index in [2.05, 4.69) is 31.4 Å². The third-order valence-electron chi connectivity index (χ3n) is 3.10. The van der Waals surface area contributed by atoms with E-state index in [4.69, 9.17) is 0 Å². The van der Waals surface area contributed by atoms with Gasteiger partial charge in [-0.05, 0) is 38.6 Å². The number of amides is 1. The zero-order chi connectivity index (χ0) is 11.3. The molecule has 3 nitrogen and oxygen atoms in total. The fourth-order valence-corrected chi connectivity index (χ4v) is 2.32. The van der Waals surface area contributed by atoms with Crippen molar-refractivity contribution >= 4 is 5.91 Å². The van der Waals surface area contributed by atoms with E-state index >= 15 is 0 Å². The van der Waals surface area contributed by atoms with Crippen LogP contribution in [0.3, 0.4) is 0 Å². The number of carbonyl (C=O) groups excluding carboxylic acids is 1. The van der Waals surface area contributed by atoms with E-state index in [9.17, 15) is 4.79 Å². The van der Waals surface area contributed by atoms with Crippen molar-refractivity contribution in [1.82, 2.24) is 10.6 Å². The summed E-state index contributed by atoms with van der Waals surface area (Å²) in [5.74, 6) is 0.976. The molecule has 15 heavy (non-hydrogen) atoms. The zero-order valence-electron chi connectivity index (χ0n) is 10.2. The summed E-state index contributed by atoms with van der Waals surface area (Å²) in [4.78, 5) is 11.6. The van der Waals surface area contributed by atoms with E-state index in [1.807, 2.05) is 0 Å². The van der Waals surface area contributed by atoms with E-state index in [0.29, 0.717) is 12.5 Å². The summed E-state index contributed by atoms with van der Waals surface area (Å²) >= 11 is 0. The van der Waals surface area contributed by atoms with Crippen molar-refractivity contribution in [2.75, 3.05) is 6.54 Å². The molecule has 3 atom stereocenters. The summed E-state index contributed by atoms with van der Waals surface area (Å²) in [5.41, 5.74) is 0. The molecule has 0 aromatic heterocycles. The average molecular weight is 212 g/mol. The molecule has 1 aliphatic carbocycles. The van der Waals surface area contributed by atoms with E-state index in [1.165, 1.54) is 6.42 Å². The summed E-state index contributed by atoms with van der Waals surface area (Å²) in [6, 6.07) is 0.718. The largest absolute Gasteiger partial charge is 0.353 e. The van der Waals surface area contributed by atoms with Crippen molar-refractivity contribution in [3.05, 3.63) is 0 Å². The van der Waals surface area contributed by atoms with Gasteiger partial charge in [-0.2, -0.15) is 0 Å². The van der Waals surface area contributed by atoms with Crippen molar-refractivity contribution < 1.29 is 4.79 Å². The Morgan fingerprint density at radius 1 is 1.47 bits per heavy atom. The minimum Gasteiger partial charge on any atom is -0.353 e. The molecule has 0 bridgehead atoms. The van der Waals surface area contributed by atoms with Gasteiger partial charge in [0.25, 0.3) is 0 Å². The first-order valence-electron chi connectivity index (χ1n) is 6.14. The predicted octanol–water partition coefficient (Wildman–Crippen LogP) is 1.68. The second kappa shape index (κ2) is 6.11. The lowest BCUT2D eigenvalue weighted by atomic mass is 10.1. The van der Waals surface area contributed by atoms with Crippen LogP contribution in [0.5, 0.6) is 0 Å². The van der Waals surface area contributed by atoms with Crippen LogP contribution in [0.25, 0.3) is 0 Å². The van der Waals surface area contributed by atoms with Gasteiger partial charge in [-0.1, -0.05) is 13.8 Å². The van der Waals surface area contributed by atoms with Crippen LogP contribution in [-0.2, 0) is 4.79 Å². The van der Waals surface area contributed by atoms with Gasteiger partial charge in [-0.15, -0.1) is 0 Å². The summed E-state index contributed by atoms with van der Waals surface area (Å²) in [5, 5.41) is 6.37. The first kappa shape index (κ1) is 12.5. The Balaban J connectivity index is 2.18. The van der Waals surface area contributed by atoms with Crippen molar-refractivity contribution in [2.24, 2.45) is 5.92 Å². The molecular formula is C12H24N2O. The van der Waals surface area contributed by atoms with E-state index < -0.39 is 0 Å². The molecule has 0 aromatic rings. The summed E-state index contributed by atoms with van der Waals surface area (Å²) in [7, 11) is 0. The number of nitrogens with one attached hydrogen (secondary N) is 2. The predicted molar refractivity (Wildman–Crippen MR) is 62.7 cm³/mol. The minimum absolute atomic E-state index is 0.197. The molecule has 0 spiro atoms. The normalized spacial score (nSPS) is 27.7. The monoisotopic (exact) mass is 212 g/mol. The van der Waals surface area contributed by atoms with E-state index in [1.54, 1.807) is 0 Å². The Morgan fingerprint density at radius 3 is 2.73 bits per heavy atom. The molecule has 0 aliphatic heterocycles. The quantitative estimate of drug-likeness (QED) is 0.728. The Kier molecular flexibility index (Phi) is 5.09. The van der Waals surface area contributed by atoms with Crippen LogP contribution in [0.2, 0.25) is 0 Å². The molecular weight excluding hydrogens is 188 g/mol. The highest BCUT2D eigenvalue weighted by atomic mass is 16.1. The number of hydrogen-bond donors (Lipinski definition) is 2. The van der Waals surface area contributed by atoms with E-state index in [0.717, 1.165) is 25.3 Å². The average Bonchev–Trinajstić information content (AvgIpc) is 2.51. The van der Waals surface area contributed by atoms with Crippen LogP contribution in [0.1, 0.15) is 46.5 Å². The zero-order valence-corrected chi connectivity index (χ0v) is 10.2. The molecule has 1 fully saturated rings. The Bertz CT molecular complexity index is 206. The molecule has 88 valence electrons. The number of hydrogen-bond acceptors (Lipinski definition) is 2. The van der Waals surface area contributed by atoms with Gasteiger partial charge in [0, 0.05) is 18.5 Å². The van der Waals surface area contributed by atoms with Crippen molar-refractivity contribution in [3.63, 3.8) is 0 Å². The van der Waals surface area contributed by atoms with Gasteiger partial charge in [0.15, 0.2) is 0 Å². The summed E-state index contributed by atoms with van der Waals surface area (Å²) in [6.45, 7) is 7.30. The molecule has 3 unspecified atom stereocenters. The van der Waals surface area contributed by atoms with Gasteiger partial charge in [0.05, 0.1) is 0 Å². The van der Waals surface area contributed by atoms with Gasteiger partial charge >= 0.3 is 0 Å². The van der Waals surface area contributed by atoms with Crippen molar-refractivity contribution in [3.8, 4) is 0 Å². The van der Waals surface area contributed by atoms with Crippen molar-refractivity contribution in [1.29, 1.82) is 0 Å². The first-order valence-corrected chi connectivity index (χ1v) is 6.14. The van der Waals surface area contributed by atoms with Gasteiger partial charge in [-0.3, -0.25) is 4.79 Å². The Hall–Kier alpha value is -0.570. The van der Waals surface area contributed by atoms with Gasteiger partial charge in [-0.25, -0.2) is 0 Å². The maximum absolute atomic E-state index is 11.6. The highest BCUT2D eigenvalue weighted by Gasteiger charge is 2.22. The number of carbonyl (C=O) groups is 1. The lowest BCUT2D eigenvalue weighted by molar-refractivity contribution is -0.122. The third kappa shape index (κ3) is 4.65. The molecule has 1 rings (SSSR count).